The van der Waals surface area contributed by atoms with Crippen LogP contribution in [0.2, 0.25) is 0 Å². The third-order valence-electron chi connectivity index (χ3n) is 2.82. The molecule has 1 heterocycles. The third kappa shape index (κ3) is 2.18. The summed E-state index contributed by atoms with van der Waals surface area (Å²) < 4.78 is 8.06. The van der Waals surface area contributed by atoms with Crippen molar-refractivity contribution < 1.29 is 4.74 Å². The second kappa shape index (κ2) is 4.57. The number of halogens is 1. The van der Waals surface area contributed by atoms with E-state index in [1.54, 1.807) is 23.0 Å². The van der Waals surface area contributed by atoms with Crippen molar-refractivity contribution in [1.82, 2.24) is 9.55 Å². The minimum atomic E-state index is -0.171. The predicted octanol–water partition coefficient (Wildman–Crippen LogP) is 3.13. The van der Waals surface area contributed by atoms with Gasteiger partial charge in [0.25, 0.3) is 5.88 Å². The first-order chi connectivity index (χ1) is 8.75. The summed E-state index contributed by atoms with van der Waals surface area (Å²) in [6.07, 6.45) is 5.43. The Morgan fingerprint density at radius 1 is 1.33 bits per heavy atom. The Morgan fingerprint density at radius 3 is 2.83 bits per heavy atom. The van der Waals surface area contributed by atoms with Gasteiger partial charge in [0.15, 0.2) is 0 Å². The van der Waals surface area contributed by atoms with Crippen LogP contribution in [0.15, 0.2) is 45.9 Å². The minimum absolute atomic E-state index is 0.122. The monoisotopic (exact) mass is 306 g/mol. The summed E-state index contributed by atoms with van der Waals surface area (Å²) in [6, 6.07) is 7.71. The van der Waals surface area contributed by atoms with Crippen molar-refractivity contribution in [1.29, 1.82) is 0 Å². The quantitative estimate of drug-likeness (QED) is 0.875. The van der Waals surface area contributed by atoms with Gasteiger partial charge in [-0.15, -0.1) is 0 Å². The molecule has 0 spiro atoms. The normalized spacial score (nSPS) is 14.5. The fraction of sp³-hybridized carbons (Fsp3) is 0.231. The van der Waals surface area contributed by atoms with E-state index in [4.69, 9.17) is 4.74 Å². The molecule has 5 heteroatoms. The third-order valence-corrected chi connectivity index (χ3v) is 3.48. The lowest BCUT2D eigenvalue weighted by molar-refractivity contribution is 0.442. The summed E-state index contributed by atoms with van der Waals surface area (Å²) in [5, 5.41) is 0. The van der Waals surface area contributed by atoms with Gasteiger partial charge < -0.3 is 9.30 Å². The standard InChI is InChI=1S/C13H11BrN2O2/c14-10-3-1-2-4-11(10)18-12-13(17)16(8-7-15-12)9-5-6-9/h1-4,7-9H,5-6H2. The fourth-order valence-electron chi connectivity index (χ4n) is 1.75. The average Bonchev–Trinajstić information content (AvgIpc) is 3.19. The van der Waals surface area contributed by atoms with E-state index in [9.17, 15) is 4.79 Å². The zero-order valence-electron chi connectivity index (χ0n) is 9.54. The molecular weight excluding hydrogens is 296 g/mol. The molecule has 1 aliphatic rings. The van der Waals surface area contributed by atoms with Crippen LogP contribution in [0.5, 0.6) is 11.6 Å². The Morgan fingerprint density at radius 2 is 2.11 bits per heavy atom. The lowest BCUT2D eigenvalue weighted by atomic mass is 10.3. The molecule has 1 aliphatic carbocycles. The van der Waals surface area contributed by atoms with Crippen LogP contribution in [-0.2, 0) is 0 Å². The predicted molar refractivity (Wildman–Crippen MR) is 71.0 cm³/mol. The number of aromatic nitrogens is 2. The summed E-state index contributed by atoms with van der Waals surface area (Å²) in [7, 11) is 0. The molecule has 4 nitrogen and oxygen atoms in total. The maximum absolute atomic E-state index is 12.1. The molecular formula is C13H11BrN2O2. The van der Waals surface area contributed by atoms with E-state index in [1.807, 2.05) is 18.2 Å². The summed E-state index contributed by atoms with van der Waals surface area (Å²) in [4.78, 5) is 16.1. The lowest BCUT2D eigenvalue weighted by Gasteiger charge is -2.08. The summed E-state index contributed by atoms with van der Waals surface area (Å²) in [5.41, 5.74) is -0.171. The molecule has 1 aromatic heterocycles. The maximum atomic E-state index is 12.1. The second-order valence-corrected chi connectivity index (χ2v) is 5.06. The molecule has 1 fully saturated rings. The van der Waals surface area contributed by atoms with Gasteiger partial charge in [-0.25, -0.2) is 4.98 Å². The van der Waals surface area contributed by atoms with Crippen molar-refractivity contribution >= 4 is 15.9 Å². The highest BCUT2D eigenvalue weighted by Gasteiger charge is 2.25. The minimum Gasteiger partial charge on any atom is -0.433 e. The Kier molecular flexibility index (Phi) is 2.91. The smallest absolute Gasteiger partial charge is 0.313 e. The topological polar surface area (TPSA) is 44.1 Å². The highest BCUT2D eigenvalue weighted by Crippen LogP contribution is 2.33. The number of rotatable bonds is 3. The number of benzene rings is 1. The molecule has 92 valence electrons. The van der Waals surface area contributed by atoms with E-state index in [2.05, 4.69) is 20.9 Å². The molecule has 1 saturated carbocycles. The number of nitrogens with zero attached hydrogens (tertiary/aromatic N) is 2. The van der Waals surface area contributed by atoms with E-state index < -0.39 is 0 Å². The first kappa shape index (κ1) is 11.5. The Labute approximate surface area is 112 Å². The summed E-state index contributed by atoms with van der Waals surface area (Å²) in [6.45, 7) is 0. The molecule has 0 N–H and O–H groups in total. The Bertz CT molecular complexity index is 635. The van der Waals surface area contributed by atoms with Crippen LogP contribution >= 0.6 is 15.9 Å². The van der Waals surface area contributed by atoms with Gasteiger partial charge in [-0.2, -0.15) is 0 Å². The van der Waals surface area contributed by atoms with E-state index in [0.717, 1.165) is 17.3 Å². The Balaban J connectivity index is 1.96. The van der Waals surface area contributed by atoms with Crippen molar-refractivity contribution in [2.24, 2.45) is 0 Å². The SMILES string of the molecule is O=c1c(Oc2ccccc2Br)nccn1C1CC1. The number of hydrogen-bond donors (Lipinski definition) is 0. The molecule has 0 saturated heterocycles. The van der Waals surface area contributed by atoms with Crippen LogP contribution in [-0.4, -0.2) is 9.55 Å². The van der Waals surface area contributed by atoms with Gasteiger partial charge in [0.05, 0.1) is 4.47 Å². The van der Waals surface area contributed by atoms with Crippen molar-refractivity contribution in [3.63, 3.8) is 0 Å². The fourth-order valence-corrected chi connectivity index (χ4v) is 2.11. The van der Waals surface area contributed by atoms with Gasteiger partial charge in [-0.1, -0.05) is 12.1 Å². The highest BCUT2D eigenvalue weighted by molar-refractivity contribution is 9.10. The van der Waals surface area contributed by atoms with Crippen LogP contribution in [0.4, 0.5) is 0 Å². The van der Waals surface area contributed by atoms with Crippen LogP contribution in [0.1, 0.15) is 18.9 Å². The van der Waals surface area contributed by atoms with E-state index in [1.165, 1.54) is 0 Å². The van der Waals surface area contributed by atoms with Gasteiger partial charge in [0, 0.05) is 18.4 Å². The lowest BCUT2D eigenvalue weighted by Crippen LogP contribution is -2.20. The van der Waals surface area contributed by atoms with Gasteiger partial charge in [0.2, 0.25) is 0 Å². The second-order valence-electron chi connectivity index (χ2n) is 4.21. The summed E-state index contributed by atoms with van der Waals surface area (Å²) >= 11 is 3.38. The highest BCUT2D eigenvalue weighted by atomic mass is 79.9. The molecule has 1 aromatic carbocycles. The largest absolute Gasteiger partial charge is 0.433 e. The van der Waals surface area contributed by atoms with Crippen molar-refractivity contribution in [3.8, 4) is 11.6 Å². The van der Waals surface area contributed by atoms with E-state index >= 15 is 0 Å². The molecule has 18 heavy (non-hydrogen) atoms. The molecule has 0 unspecified atom stereocenters. The molecule has 0 radical (unpaired) electrons. The molecule has 0 atom stereocenters. The zero-order chi connectivity index (χ0) is 12.5. The maximum Gasteiger partial charge on any atom is 0.313 e. The van der Waals surface area contributed by atoms with Crippen molar-refractivity contribution in [2.45, 2.75) is 18.9 Å². The Hall–Kier alpha value is -1.62. The van der Waals surface area contributed by atoms with Gasteiger partial charge in [-0.05, 0) is 40.9 Å². The molecule has 0 bridgehead atoms. The molecule has 0 aliphatic heterocycles. The van der Waals surface area contributed by atoms with Gasteiger partial charge >= 0.3 is 5.56 Å². The van der Waals surface area contributed by atoms with Crippen LogP contribution in [0.3, 0.4) is 0 Å². The summed E-state index contributed by atoms with van der Waals surface area (Å²) in [5.74, 6) is 0.715. The number of hydrogen-bond acceptors (Lipinski definition) is 3. The number of ether oxygens (including phenoxy) is 1. The van der Waals surface area contributed by atoms with E-state index in [-0.39, 0.29) is 11.4 Å². The van der Waals surface area contributed by atoms with Gasteiger partial charge in [-0.3, -0.25) is 4.79 Å². The molecule has 2 aromatic rings. The number of para-hydroxylation sites is 1. The van der Waals surface area contributed by atoms with Gasteiger partial charge in [0.1, 0.15) is 5.75 Å². The van der Waals surface area contributed by atoms with Crippen molar-refractivity contribution in [3.05, 3.63) is 51.5 Å². The van der Waals surface area contributed by atoms with Crippen LogP contribution in [0.25, 0.3) is 0 Å². The first-order valence-electron chi connectivity index (χ1n) is 5.75. The van der Waals surface area contributed by atoms with Crippen molar-refractivity contribution in [2.75, 3.05) is 0 Å². The molecule has 3 rings (SSSR count). The average molecular weight is 307 g/mol. The first-order valence-corrected chi connectivity index (χ1v) is 6.54. The van der Waals surface area contributed by atoms with Crippen LogP contribution in [0, 0.1) is 0 Å². The van der Waals surface area contributed by atoms with Crippen LogP contribution < -0.4 is 10.3 Å². The zero-order valence-corrected chi connectivity index (χ0v) is 11.1. The van der Waals surface area contributed by atoms with E-state index in [0.29, 0.717) is 11.8 Å². The molecule has 0 amide bonds.